The molecule has 22 heavy (non-hydrogen) atoms. The number of ether oxygens (including phenoxy) is 1. The maximum atomic E-state index is 5.46. The lowest BCUT2D eigenvalue weighted by Gasteiger charge is -2.43. The van der Waals surface area contributed by atoms with E-state index in [0.717, 1.165) is 39.4 Å². The van der Waals surface area contributed by atoms with Crippen LogP contribution < -0.4 is 4.90 Å². The summed E-state index contributed by atoms with van der Waals surface area (Å²) in [6, 6.07) is 11.5. The van der Waals surface area contributed by atoms with Gasteiger partial charge in [-0.3, -0.25) is 9.80 Å². The van der Waals surface area contributed by atoms with Gasteiger partial charge in [-0.05, 0) is 25.1 Å². The van der Waals surface area contributed by atoms with E-state index in [0.29, 0.717) is 6.04 Å². The van der Waals surface area contributed by atoms with Crippen LogP contribution in [0.3, 0.4) is 0 Å². The molecule has 0 amide bonds. The first-order chi connectivity index (χ1) is 10.9. The van der Waals surface area contributed by atoms with E-state index in [4.69, 9.17) is 4.74 Å². The molecule has 4 nitrogen and oxygen atoms in total. The lowest BCUT2D eigenvalue weighted by Crippen LogP contribution is -2.54. The minimum Gasteiger partial charge on any atom is -0.379 e. The van der Waals surface area contributed by atoms with Gasteiger partial charge in [0.15, 0.2) is 0 Å². The molecule has 4 heteroatoms. The molecule has 1 aromatic rings. The molecule has 0 spiro atoms. The predicted octanol–water partition coefficient (Wildman–Crippen LogP) is 1.92. The van der Waals surface area contributed by atoms with Crippen LogP contribution in [0.5, 0.6) is 0 Å². The summed E-state index contributed by atoms with van der Waals surface area (Å²) >= 11 is 0. The summed E-state index contributed by atoms with van der Waals surface area (Å²) in [5, 5.41) is 0. The number of piperazine rings is 1. The standard InChI is InChI=1S/C18H29N3O/c1-2-19-10-11-21(17-6-4-3-5-7-17)18(16-19)8-9-20-12-14-22-15-13-20/h3-7,18H,2,8-16H2,1H3. The molecule has 2 aliphatic rings. The number of rotatable bonds is 5. The van der Waals surface area contributed by atoms with E-state index < -0.39 is 0 Å². The number of likely N-dealkylation sites (N-methyl/N-ethyl adjacent to an activating group) is 1. The van der Waals surface area contributed by atoms with E-state index in [-0.39, 0.29) is 0 Å². The SMILES string of the molecule is CCN1CCN(c2ccccc2)C(CCN2CCOCC2)C1. The molecule has 2 fully saturated rings. The highest BCUT2D eigenvalue weighted by atomic mass is 16.5. The van der Waals surface area contributed by atoms with Gasteiger partial charge < -0.3 is 9.64 Å². The van der Waals surface area contributed by atoms with Crippen molar-refractivity contribution in [1.82, 2.24) is 9.80 Å². The number of nitrogens with zero attached hydrogens (tertiary/aromatic N) is 3. The van der Waals surface area contributed by atoms with Gasteiger partial charge in [-0.25, -0.2) is 0 Å². The molecular formula is C18H29N3O. The zero-order valence-electron chi connectivity index (χ0n) is 13.8. The Hall–Kier alpha value is -1.10. The summed E-state index contributed by atoms with van der Waals surface area (Å²) in [6.07, 6.45) is 1.24. The van der Waals surface area contributed by atoms with Gasteiger partial charge in [-0.15, -0.1) is 0 Å². The first kappa shape index (κ1) is 15.8. The van der Waals surface area contributed by atoms with Crippen molar-refractivity contribution in [2.45, 2.75) is 19.4 Å². The zero-order valence-corrected chi connectivity index (χ0v) is 13.8. The number of morpholine rings is 1. The van der Waals surface area contributed by atoms with E-state index in [9.17, 15) is 0 Å². The molecule has 1 unspecified atom stereocenters. The van der Waals surface area contributed by atoms with Crippen LogP contribution in [0.25, 0.3) is 0 Å². The highest BCUT2D eigenvalue weighted by Gasteiger charge is 2.26. The van der Waals surface area contributed by atoms with Crippen molar-refractivity contribution in [2.24, 2.45) is 0 Å². The summed E-state index contributed by atoms with van der Waals surface area (Å²) in [4.78, 5) is 7.76. The molecule has 1 aromatic carbocycles. The molecule has 0 aromatic heterocycles. The maximum absolute atomic E-state index is 5.46. The Bertz CT molecular complexity index is 433. The molecule has 0 aliphatic carbocycles. The second-order valence-corrected chi connectivity index (χ2v) is 6.32. The Kier molecular flexibility index (Phi) is 5.70. The van der Waals surface area contributed by atoms with Gasteiger partial charge in [0.25, 0.3) is 0 Å². The van der Waals surface area contributed by atoms with Gasteiger partial charge in [0.2, 0.25) is 0 Å². The summed E-state index contributed by atoms with van der Waals surface area (Å²) in [5.41, 5.74) is 1.38. The largest absolute Gasteiger partial charge is 0.379 e. The Morgan fingerprint density at radius 2 is 1.77 bits per heavy atom. The molecule has 3 rings (SSSR count). The third-order valence-corrected chi connectivity index (χ3v) is 4.98. The van der Waals surface area contributed by atoms with E-state index >= 15 is 0 Å². The summed E-state index contributed by atoms with van der Waals surface area (Å²) in [5.74, 6) is 0. The lowest BCUT2D eigenvalue weighted by atomic mass is 10.1. The fourth-order valence-electron chi connectivity index (χ4n) is 3.57. The first-order valence-electron chi connectivity index (χ1n) is 8.71. The Morgan fingerprint density at radius 3 is 2.50 bits per heavy atom. The lowest BCUT2D eigenvalue weighted by molar-refractivity contribution is 0.0356. The van der Waals surface area contributed by atoms with Crippen molar-refractivity contribution in [2.75, 3.05) is 63.9 Å². The number of benzene rings is 1. The molecule has 2 saturated heterocycles. The Balaban J connectivity index is 1.62. The summed E-state index contributed by atoms with van der Waals surface area (Å²) in [7, 11) is 0. The van der Waals surface area contributed by atoms with Crippen molar-refractivity contribution >= 4 is 5.69 Å². The zero-order chi connectivity index (χ0) is 15.2. The second-order valence-electron chi connectivity index (χ2n) is 6.32. The average molecular weight is 303 g/mol. The van der Waals surface area contributed by atoms with Crippen LogP contribution in [0.1, 0.15) is 13.3 Å². The van der Waals surface area contributed by atoms with Gasteiger partial charge in [-0.2, -0.15) is 0 Å². The third kappa shape index (κ3) is 4.00. The molecule has 122 valence electrons. The third-order valence-electron chi connectivity index (χ3n) is 4.98. The summed E-state index contributed by atoms with van der Waals surface area (Å²) in [6.45, 7) is 12.1. The van der Waals surface area contributed by atoms with E-state index in [2.05, 4.69) is 52.0 Å². The van der Waals surface area contributed by atoms with Crippen molar-refractivity contribution in [3.63, 3.8) is 0 Å². The van der Waals surface area contributed by atoms with Crippen molar-refractivity contribution in [3.05, 3.63) is 30.3 Å². The van der Waals surface area contributed by atoms with Gasteiger partial charge >= 0.3 is 0 Å². The molecule has 0 bridgehead atoms. The van der Waals surface area contributed by atoms with Gasteiger partial charge in [0.1, 0.15) is 0 Å². The van der Waals surface area contributed by atoms with Crippen LogP contribution in [0.15, 0.2) is 30.3 Å². The molecule has 2 aliphatic heterocycles. The smallest absolute Gasteiger partial charge is 0.0594 e. The van der Waals surface area contributed by atoms with Crippen LogP contribution in [0.2, 0.25) is 0 Å². The van der Waals surface area contributed by atoms with Crippen LogP contribution in [0, 0.1) is 0 Å². The minimum absolute atomic E-state index is 0.624. The topological polar surface area (TPSA) is 19.0 Å². The molecule has 0 saturated carbocycles. The molecule has 0 N–H and O–H groups in total. The number of hydrogen-bond acceptors (Lipinski definition) is 4. The molecule has 0 radical (unpaired) electrons. The molecular weight excluding hydrogens is 274 g/mol. The second kappa shape index (κ2) is 7.95. The van der Waals surface area contributed by atoms with Gasteiger partial charge in [0, 0.05) is 51.0 Å². The Labute approximate surface area is 134 Å². The van der Waals surface area contributed by atoms with Crippen LogP contribution >= 0.6 is 0 Å². The van der Waals surface area contributed by atoms with E-state index in [1.807, 2.05) is 0 Å². The highest BCUT2D eigenvalue weighted by Crippen LogP contribution is 2.22. The predicted molar refractivity (Wildman–Crippen MR) is 91.6 cm³/mol. The quantitative estimate of drug-likeness (QED) is 0.827. The van der Waals surface area contributed by atoms with Crippen LogP contribution in [-0.4, -0.2) is 74.9 Å². The molecule has 2 heterocycles. The van der Waals surface area contributed by atoms with Gasteiger partial charge in [0.05, 0.1) is 13.2 Å². The fourth-order valence-corrected chi connectivity index (χ4v) is 3.57. The minimum atomic E-state index is 0.624. The van der Waals surface area contributed by atoms with Crippen molar-refractivity contribution in [1.29, 1.82) is 0 Å². The fraction of sp³-hybridized carbons (Fsp3) is 0.667. The molecule has 1 atom stereocenters. The monoisotopic (exact) mass is 303 g/mol. The van der Waals surface area contributed by atoms with Crippen LogP contribution in [0.4, 0.5) is 5.69 Å². The van der Waals surface area contributed by atoms with Crippen molar-refractivity contribution in [3.8, 4) is 0 Å². The first-order valence-corrected chi connectivity index (χ1v) is 8.71. The Morgan fingerprint density at radius 1 is 1.00 bits per heavy atom. The maximum Gasteiger partial charge on any atom is 0.0594 e. The highest BCUT2D eigenvalue weighted by molar-refractivity contribution is 5.47. The normalized spacial score (nSPS) is 24.6. The van der Waals surface area contributed by atoms with Gasteiger partial charge in [-0.1, -0.05) is 25.1 Å². The number of anilines is 1. The van der Waals surface area contributed by atoms with E-state index in [1.54, 1.807) is 0 Å². The average Bonchev–Trinajstić information content (AvgIpc) is 2.61. The van der Waals surface area contributed by atoms with Crippen LogP contribution in [-0.2, 0) is 4.74 Å². The number of hydrogen-bond donors (Lipinski definition) is 0. The summed E-state index contributed by atoms with van der Waals surface area (Å²) < 4.78 is 5.46. The van der Waals surface area contributed by atoms with E-state index in [1.165, 1.54) is 31.7 Å². The van der Waals surface area contributed by atoms with Crippen molar-refractivity contribution < 1.29 is 4.74 Å². The number of para-hydroxylation sites is 1.